The van der Waals surface area contributed by atoms with E-state index in [-0.39, 0.29) is 23.5 Å². The molecule has 0 aromatic heterocycles. The Hall–Kier alpha value is -2.52. The van der Waals surface area contributed by atoms with E-state index < -0.39 is 23.6 Å². The van der Waals surface area contributed by atoms with Gasteiger partial charge >= 0.3 is 0 Å². The monoisotopic (exact) mass is 528 g/mol. The van der Waals surface area contributed by atoms with Gasteiger partial charge in [0.15, 0.2) is 11.6 Å². The van der Waals surface area contributed by atoms with Crippen LogP contribution in [0.25, 0.3) is 0 Å². The molecule has 2 aromatic rings. The highest BCUT2D eigenvalue weighted by atomic mass is 19.1. The van der Waals surface area contributed by atoms with E-state index in [1.807, 2.05) is 25.1 Å². The zero-order chi connectivity index (χ0) is 27.3. The minimum Gasteiger partial charge on any atom is -0.454 e. The molecule has 1 heterocycles. The average Bonchev–Trinajstić information content (AvgIpc) is 3.25. The molecule has 38 heavy (non-hydrogen) atoms. The highest BCUT2D eigenvalue weighted by Crippen LogP contribution is 2.45. The van der Waals surface area contributed by atoms with Gasteiger partial charge in [-0.1, -0.05) is 24.3 Å². The van der Waals surface area contributed by atoms with Crippen molar-refractivity contribution in [1.29, 1.82) is 0 Å². The molecule has 4 rings (SSSR count). The predicted octanol–water partition coefficient (Wildman–Crippen LogP) is 4.27. The maximum absolute atomic E-state index is 15.3. The normalized spacial score (nSPS) is 25.3. The van der Waals surface area contributed by atoms with Crippen LogP contribution in [0.4, 0.5) is 4.39 Å². The van der Waals surface area contributed by atoms with Gasteiger partial charge in [-0.25, -0.2) is 4.39 Å². The van der Waals surface area contributed by atoms with Gasteiger partial charge in [0.05, 0.1) is 11.7 Å². The Morgan fingerprint density at radius 2 is 2.00 bits per heavy atom. The first-order valence-corrected chi connectivity index (χ1v) is 13.7. The number of rotatable bonds is 10. The summed E-state index contributed by atoms with van der Waals surface area (Å²) >= 11 is 0. The zero-order valence-corrected chi connectivity index (χ0v) is 22.4. The summed E-state index contributed by atoms with van der Waals surface area (Å²) in [6.07, 6.45) is 3.36. The number of nitrogens with zero attached hydrogens (tertiary/aromatic N) is 1. The van der Waals surface area contributed by atoms with Crippen LogP contribution in [0.3, 0.4) is 0 Å². The van der Waals surface area contributed by atoms with Gasteiger partial charge in [0.1, 0.15) is 5.75 Å². The summed E-state index contributed by atoms with van der Waals surface area (Å²) in [7, 11) is 1.64. The summed E-state index contributed by atoms with van der Waals surface area (Å²) in [5.74, 6) is -0.696. The highest BCUT2D eigenvalue weighted by molar-refractivity contribution is 5.79. The molecule has 1 aliphatic carbocycles. The van der Waals surface area contributed by atoms with Crippen molar-refractivity contribution in [3.8, 4) is 11.5 Å². The highest BCUT2D eigenvalue weighted by Gasteiger charge is 2.45. The lowest BCUT2D eigenvalue weighted by molar-refractivity contribution is -0.141. The van der Waals surface area contributed by atoms with E-state index in [1.165, 1.54) is 6.07 Å². The number of hydrogen-bond donors (Lipinski definition) is 3. The number of ether oxygens (including phenoxy) is 2. The molecular formula is C30H41FN2O5. The number of unbranched alkanes of at least 4 members (excludes halogenated alkanes) is 1. The van der Waals surface area contributed by atoms with Crippen molar-refractivity contribution in [3.63, 3.8) is 0 Å². The molecule has 8 heteroatoms. The molecule has 0 bridgehead atoms. The summed E-state index contributed by atoms with van der Waals surface area (Å²) in [4.78, 5) is 15.2. The first-order chi connectivity index (χ1) is 18.2. The van der Waals surface area contributed by atoms with E-state index in [2.05, 4.69) is 0 Å². The van der Waals surface area contributed by atoms with Crippen LogP contribution in [0.15, 0.2) is 42.5 Å². The topological polar surface area (TPSA) is 105 Å². The number of nitrogens with two attached hydrogens (primary N) is 1. The van der Waals surface area contributed by atoms with Crippen molar-refractivity contribution in [2.45, 2.75) is 69.6 Å². The molecule has 1 amide bonds. The Morgan fingerprint density at radius 3 is 2.71 bits per heavy atom. The van der Waals surface area contributed by atoms with Crippen LogP contribution in [0, 0.1) is 24.6 Å². The molecule has 1 saturated heterocycles. The van der Waals surface area contributed by atoms with Gasteiger partial charge in [0, 0.05) is 50.2 Å². The summed E-state index contributed by atoms with van der Waals surface area (Å²) in [5, 5.41) is 22.5. The molecule has 0 radical (unpaired) electrons. The third kappa shape index (κ3) is 6.37. The molecule has 7 nitrogen and oxygen atoms in total. The molecule has 2 aromatic carbocycles. The second kappa shape index (κ2) is 12.6. The molecule has 2 fully saturated rings. The number of aliphatic hydroxyl groups is 2. The molecule has 0 spiro atoms. The number of piperidine rings is 1. The van der Waals surface area contributed by atoms with Crippen LogP contribution >= 0.6 is 0 Å². The second-order valence-corrected chi connectivity index (χ2v) is 10.9. The van der Waals surface area contributed by atoms with E-state index in [9.17, 15) is 15.0 Å². The maximum atomic E-state index is 15.3. The maximum Gasteiger partial charge on any atom is 0.225 e. The van der Waals surface area contributed by atoms with Crippen molar-refractivity contribution < 1.29 is 28.9 Å². The Labute approximate surface area is 224 Å². The van der Waals surface area contributed by atoms with Crippen LogP contribution in [0.2, 0.25) is 0 Å². The molecule has 1 aliphatic heterocycles. The quantitative estimate of drug-likeness (QED) is 0.398. The fourth-order valence-corrected chi connectivity index (χ4v) is 6.02. The Balaban J connectivity index is 1.64. The number of methoxy groups -OCH3 is 1. The lowest BCUT2D eigenvalue weighted by Crippen LogP contribution is -2.49. The van der Waals surface area contributed by atoms with Crippen molar-refractivity contribution in [3.05, 3.63) is 59.4 Å². The summed E-state index contributed by atoms with van der Waals surface area (Å²) in [6.45, 7) is 3.44. The number of hydrogen-bond acceptors (Lipinski definition) is 6. The number of para-hydroxylation sites is 1. The lowest BCUT2D eigenvalue weighted by Gasteiger charge is -2.44. The average molecular weight is 529 g/mol. The minimum absolute atomic E-state index is 0.0145. The number of carbonyl (C=O) groups excluding carboxylic acids is 1. The number of likely N-dealkylation sites (tertiary alicyclic amines) is 1. The third-order valence-corrected chi connectivity index (χ3v) is 8.13. The van der Waals surface area contributed by atoms with Crippen LogP contribution in [-0.2, 0) is 15.1 Å². The number of aryl methyl sites for hydroxylation is 1. The van der Waals surface area contributed by atoms with E-state index in [1.54, 1.807) is 30.2 Å². The predicted molar refractivity (Wildman–Crippen MR) is 143 cm³/mol. The summed E-state index contributed by atoms with van der Waals surface area (Å²) in [5.41, 5.74) is 5.93. The van der Waals surface area contributed by atoms with E-state index >= 15 is 4.39 Å². The zero-order valence-electron chi connectivity index (χ0n) is 22.4. The minimum atomic E-state index is -1.42. The summed E-state index contributed by atoms with van der Waals surface area (Å²) < 4.78 is 26.6. The second-order valence-electron chi connectivity index (χ2n) is 10.9. The number of carbonyl (C=O) groups is 1. The van der Waals surface area contributed by atoms with Gasteiger partial charge in [-0.05, 0) is 75.6 Å². The van der Waals surface area contributed by atoms with Crippen molar-refractivity contribution in [2.75, 3.05) is 26.8 Å². The van der Waals surface area contributed by atoms with Crippen LogP contribution < -0.4 is 10.5 Å². The number of amides is 1. The Bertz CT molecular complexity index is 1090. The van der Waals surface area contributed by atoms with E-state index in [4.69, 9.17) is 15.2 Å². The standard InChI is InChI=1S/C30H41FN2O5/c1-20-8-5-10-23(16-20)38-28-24(11-6-12-25(28)31)30(36,13-3-4-15-37-2)22-9-7-14-33(19-22)29(35)21-17-26(32)27(34)18-21/h5-6,8,10-12,16,21-22,26-27,34,36H,3-4,7,9,13-15,17-19,32H2,1-2H3/t21-,22+,26+,27-,30?/m0/s1. The van der Waals surface area contributed by atoms with Crippen LogP contribution in [0.5, 0.6) is 11.5 Å². The SMILES string of the molecule is COCCCCC(O)(c1cccc(F)c1Oc1cccc(C)c1)[C@@H]1CCCN(C(=O)[C@H]2C[C@@H](N)[C@@H](O)C2)C1. The van der Waals surface area contributed by atoms with Gasteiger partial charge in [0.2, 0.25) is 5.91 Å². The van der Waals surface area contributed by atoms with Gasteiger partial charge in [-0.3, -0.25) is 4.79 Å². The van der Waals surface area contributed by atoms with Crippen molar-refractivity contribution in [1.82, 2.24) is 4.90 Å². The van der Waals surface area contributed by atoms with Gasteiger partial charge < -0.3 is 30.3 Å². The largest absolute Gasteiger partial charge is 0.454 e. The number of aliphatic hydroxyl groups excluding tert-OH is 1. The first kappa shape index (κ1) is 28.5. The van der Waals surface area contributed by atoms with Crippen molar-refractivity contribution in [2.24, 2.45) is 17.6 Å². The number of benzene rings is 2. The van der Waals surface area contributed by atoms with Crippen LogP contribution in [-0.4, -0.2) is 60.0 Å². The Morgan fingerprint density at radius 1 is 1.21 bits per heavy atom. The number of halogens is 1. The van der Waals surface area contributed by atoms with E-state index in [0.717, 1.165) is 18.4 Å². The summed E-state index contributed by atoms with van der Waals surface area (Å²) in [6, 6.07) is 11.7. The van der Waals surface area contributed by atoms with Gasteiger partial charge in [-0.15, -0.1) is 0 Å². The Kier molecular flexibility index (Phi) is 9.41. The molecule has 208 valence electrons. The molecule has 1 saturated carbocycles. The fraction of sp³-hybridized carbons (Fsp3) is 0.567. The molecular weight excluding hydrogens is 487 g/mol. The van der Waals surface area contributed by atoms with Gasteiger partial charge in [-0.2, -0.15) is 0 Å². The molecule has 1 unspecified atom stereocenters. The molecule has 5 atom stereocenters. The smallest absolute Gasteiger partial charge is 0.225 e. The molecule has 4 N–H and O–H groups in total. The third-order valence-electron chi connectivity index (χ3n) is 8.13. The first-order valence-electron chi connectivity index (χ1n) is 13.7. The lowest BCUT2D eigenvalue weighted by atomic mass is 9.73. The van der Waals surface area contributed by atoms with Gasteiger partial charge in [0.25, 0.3) is 0 Å². The van der Waals surface area contributed by atoms with E-state index in [0.29, 0.717) is 63.1 Å². The molecule has 2 aliphatic rings. The van der Waals surface area contributed by atoms with Crippen molar-refractivity contribution >= 4 is 5.91 Å². The van der Waals surface area contributed by atoms with Crippen LogP contribution in [0.1, 0.15) is 56.1 Å². The fourth-order valence-electron chi connectivity index (χ4n) is 6.02.